The number of rotatable bonds is 5. The van der Waals surface area contributed by atoms with Gasteiger partial charge in [-0.05, 0) is 17.7 Å². The number of pyridine rings is 1. The predicted octanol–water partition coefficient (Wildman–Crippen LogP) is 2.87. The van der Waals surface area contributed by atoms with Crippen LogP contribution in [0.5, 0.6) is 0 Å². The van der Waals surface area contributed by atoms with Crippen LogP contribution in [0.4, 0.5) is 0 Å². The molecule has 1 saturated heterocycles. The van der Waals surface area contributed by atoms with Crippen LogP contribution in [0.3, 0.4) is 0 Å². The fourth-order valence-electron chi connectivity index (χ4n) is 3.48. The molecule has 1 amide bonds. The molecule has 1 N–H and O–H groups in total. The predicted molar refractivity (Wildman–Crippen MR) is 106 cm³/mol. The van der Waals surface area contributed by atoms with E-state index < -0.39 is 0 Å². The van der Waals surface area contributed by atoms with Crippen LogP contribution in [0.1, 0.15) is 15.9 Å². The van der Waals surface area contributed by atoms with E-state index in [1.165, 1.54) is 5.56 Å². The quantitative estimate of drug-likeness (QED) is 0.759. The third kappa shape index (κ3) is 4.32. The van der Waals surface area contributed by atoms with Gasteiger partial charge in [0.1, 0.15) is 0 Å². The molecule has 5 nitrogen and oxygen atoms in total. The number of benzene rings is 2. The van der Waals surface area contributed by atoms with Gasteiger partial charge in [-0.3, -0.25) is 14.7 Å². The van der Waals surface area contributed by atoms with Crippen molar-refractivity contribution in [2.45, 2.75) is 12.6 Å². The highest BCUT2D eigenvalue weighted by Gasteiger charge is 2.21. The molecular formula is C22H23N3O2. The average Bonchev–Trinajstić information content (AvgIpc) is 2.72. The molecular weight excluding hydrogens is 338 g/mol. The molecule has 27 heavy (non-hydrogen) atoms. The molecule has 138 valence electrons. The molecule has 1 aliphatic rings. The van der Waals surface area contributed by atoms with Gasteiger partial charge in [0.25, 0.3) is 5.91 Å². The Morgan fingerprint density at radius 1 is 1.11 bits per heavy atom. The summed E-state index contributed by atoms with van der Waals surface area (Å²) in [5, 5.41) is 3.98. The summed E-state index contributed by atoms with van der Waals surface area (Å²) in [5.74, 6) is -0.108. The molecule has 1 fully saturated rings. The Morgan fingerprint density at radius 3 is 2.85 bits per heavy atom. The summed E-state index contributed by atoms with van der Waals surface area (Å²) in [4.78, 5) is 19.4. The standard InChI is InChI=1S/C22H23N3O2/c26-22(20-10-4-8-18-9-5-11-23-21(18)20)24-14-19-16-25(12-13-27-19)15-17-6-2-1-3-7-17/h1-11,19H,12-16H2,(H,24,26). The number of para-hydroxylation sites is 1. The summed E-state index contributed by atoms with van der Waals surface area (Å²) in [6, 6.07) is 19.9. The third-order valence-electron chi connectivity index (χ3n) is 4.84. The minimum absolute atomic E-state index is 0.00523. The fourth-order valence-corrected chi connectivity index (χ4v) is 3.48. The normalized spacial score (nSPS) is 17.7. The average molecular weight is 361 g/mol. The summed E-state index contributed by atoms with van der Waals surface area (Å²) < 4.78 is 5.85. The van der Waals surface area contributed by atoms with Gasteiger partial charge in [-0.25, -0.2) is 0 Å². The van der Waals surface area contributed by atoms with Gasteiger partial charge in [-0.1, -0.05) is 48.5 Å². The molecule has 0 aliphatic carbocycles. The SMILES string of the molecule is O=C(NCC1CN(Cc2ccccc2)CCO1)c1cccc2cccnc12. The largest absolute Gasteiger partial charge is 0.374 e. The Kier molecular flexibility index (Phi) is 5.42. The molecule has 4 rings (SSSR count). The van der Waals surface area contributed by atoms with Crippen LogP contribution in [0, 0.1) is 0 Å². The molecule has 3 aromatic rings. The first kappa shape index (κ1) is 17.6. The Labute approximate surface area is 159 Å². The van der Waals surface area contributed by atoms with E-state index >= 15 is 0 Å². The van der Waals surface area contributed by atoms with Crippen molar-refractivity contribution in [1.82, 2.24) is 15.2 Å². The Bertz CT molecular complexity index is 908. The number of nitrogens with zero attached hydrogens (tertiary/aromatic N) is 2. The number of morpholine rings is 1. The maximum atomic E-state index is 12.7. The van der Waals surface area contributed by atoms with E-state index in [1.807, 2.05) is 36.4 Å². The van der Waals surface area contributed by atoms with Crippen LogP contribution in [0.2, 0.25) is 0 Å². The molecule has 0 radical (unpaired) electrons. The lowest BCUT2D eigenvalue weighted by atomic mass is 10.1. The summed E-state index contributed by atoms with van der Waals surface area (Å²) in [6.45, 7) is 3.80. The number of amides is 1. The maximum absolute atomic E-state index is 12.7. The van der Waals surface area contributed by atoms with Crippen LogP contribution in [0.15, 0.2) is 66.9 Å². The van der Waals surface area contributed by atoms with Gasteiger partial charge in [-0.2, -0.15) is 0 Å². The number of hydrogen-bond acceptors (Lipinski definition) is 4. The first-order valence-corrected chi connectivity index (χ1v) is 9.29. The minimum atomic E-state index is -0.108. The van der Waals surface area contributed by atoms with E-state index in [2.05, 4.69) is 39.5 Å². The minimum Gasteiger partial charge on any atom is -0.374 e. The number of fused-ring (bicyclic) bond motifs is 1. The molecule has 1 unspecified atom stereocenters. The summed E-state index contributed by atoms with van der Waals surface area (Å²) in [6.07, 6.45) is 1.71. The number of hydrogen-bond donors (Lipinski definition) is 1. The van der Waals surface area contributed by atoms with E-state index in [0.29, 0.717) is 18.7 Å². The van der Waals surface area contributed by atoms with Gasteiger partial charge in [0.15, 0.2) is 0 Å². The number of nitrogens with one attached hydrogen (secondary N) is 1. The second-order valence-corrected chi connectivity index (χ2v) is 6.80. The molecule has 0 spiro atoms. The smallest absolute Gasteiger partial charge is 0.253 e. The topological polar surface area (TPSA) is 54.5 Å². The van der Waals surface area contributed by atoms with Crippen LogP contribution in [0.25, 0.3) is 10.9 Å². The lowest BCUT2D eigenvalue weighted by Gasteiger charge is -2.33. The third-order valence-corrected chi connectivity index (χ3v) is 4.84. The number of carbonyl (C=O) groups is 1. The van der Waals surface area contributed by atoms with Crippen LogP contribution >= 0.6 is 0 Å². The number of carbonyl (C=O) groups excluding carboxylic acids is 1. The van der Waals surface area contributed by atoms with E-state index in [1.54, 1.807) is 6.20 Å². The second kappa shape index (κ2) is 8.29. The second-order valence-electron chi connectivity index (χ2n) is 6.80. The molecule has 1 aromatic heterocycles. The van der Waals surface area contributed by atoms with Crippen molar-refractivity contribution in [1.29, 1.82) is 0 Å². The molecule has 2 aromatic carbocycles. The van der Waals surface area contributed by atoms with E-state index in [4.69, 9.17) is 4.74 Å². The lowest BCUT2D eigenvalue weighted by Crippen LogP contribution is -2.47. The van der Waals surface area contributed by atoms with Crippen LogP contribution < -0.4 is 5.32 Å². The van der Waals surface area contributed by atoms with Crippen molar-refractivity contribution in [3.05, 3.63) is 78.0 Å². The summed E-state index contributed by atoms with van der Waals surface area (Å²) in [5.41, 5.74) is 2.63. The maximum Gasteiger partial charge on any atom is 0.253 e. The van der Waals surface area contributed by atoms with Gasteiger partial charge >= 0.3 is 0 Å². The monoisotopic (exact) mass is 361 g/mol. The molecule has 1 aliphatic heterocycles. The first-order valence-electron chi connectivity index (χ1n) is 9.29. The van der Waals surface area contributed by atoms with Crippen molar-refractivity contribution in [2.75, 3.05) is 26.2 Å². The fraction of sp³-hybridized carbons (Fsp3) is 0.273. The van der Waals surface area contributed by atoms with E-state index in [0.717, 1.165) is 30.5 Å². The Morgan fingerprint density at radius 2 is 1.96 bits per heavy atom. The highest BCUT2D eigenvalue weighted by molar-refractivity contribution is 6.05. The molecule has 2 heterocycles. The highest BCUT2D eigenvalue weighted by atomic mass is 16.5. The molecule has 0 bridgehead atoms. The van der Waals surface area contributed by atoms with Crippen LogP contribution in [-0.2, 0) is 11.3 Å². The summed E-state index contributed by atoms with van der Waals surface area (Å²) in [7, 11) is 0. The van der Waals surface area contributed by atoms with Crippen LogP contribution in [-0.4, -0.2) is 48.1 Å². The van der Waals surface area contributed by atoms with Crippen molar-refractivity contribution < 1.29 is 9.53 Å². The lowest BCUT2D eigenvalue weighted by molar-refractivity contribution is -0.0292. The van der Waals surface area contributed by atoms with Crippen molar-refractivity contribution in [2.24, 2.45) is 0 Å². The van der Waals surface area contributed by atoms with Crippen molar-refractivity contribution in [3.63, 3.8) is 0 Å². The zero-order valence-electron chi connectivity index (χ0n) is 15.2. The van der Waals surface area contributed by atoms with E-state index in [-0.39, 0.29) is 12.0 Å². The van der Waals surface area contributed by atoms with Gasteiger partial charge in [0.05, 0.1) is 23.8 Å². The van der Waals surface area contributed by atoms with Crippen molar-refractivity contribution in [3.8, 4) is 0 Å². The number of ether oxygens (including phenoxy) is 1. The van der Waals surface area contributed by atoms with E-state index in [9.17, 15) is 4.79 Å². The zero-order chi connectivity index (χ0) is 18.5. The van der Waals surface area contributed by atoms with Crippen molar-refractivity contribution >= 4 is 16.8 Å². The highest BCUT2D eigenvalue weighted by Crippen LogP contribution is 2.16. The molecule has 1 atom stereocenters. The molecule has 0 saturated carbocycles. The Hall–Kier alpha value is -2.76. The Balaban J connectivity index is 1.36. The van der Waals surface area contributed by atoms with Gasteiger partial charge in [-0.15, -0.1) is 0 Å². The zero-order valence-corrected chi connectivity index (χ0v) is 15.2. The first-order chi connectivity index (χ1) is 13.3. The summed E-state index contributed by atoms with van der Waals surface area (Å²) >= 11 is 0. The van der Waals surface area contributed by atoms with Gasteiger partial charge < -0.3 is 10.1 Å². The number of aromatic nitrogens is 1. The molecule has 5 heteroatoms. The van der Waals surface area contributed by atoms with Gasteiger partial charge in [0.2, 0.25) is 0 Å². The van der Waals surface area contributed by atoms with Gasteiger partial charge in [0, 0.05) is 37.8 Å².